The lowest BCUT2D eigenvalue weighted by atomic mass is 10.1. The molecule has 0 atom stereocenters. The van der Waals surface area contributed by atoms with E-state index in [4.69, 9.17) is 4.52 Å². The van der Waals surface area contributed by atoms with Gasteiger partial charge in [0, 0.05) is 25.9 Å². The van der Waals surface area contributed by atoms with E-state index in [9.17, 15) is 4.79 Å². The second-order valence-corrected chi connectivity index (χ2v) is 6.55. The van der Waals surface area contributed by atoms with Crippen LogP contribution in [0.1, 0.15) is 35.1 Å². The van der Waals surface area contributed by atoms with Gasteiger partial charge in [-0.2, -0.15) is 0 Å². The summed E-state index contributed by atoms with van der Waals surface area (Å²) >= 11 is 0. The monoisotopic (exact) mass is 343 g/mol. The highest BCUT2D eigenvalue weighted by molar-refractivity contribution is 5.71. The summed E-state index contributed by atoms with van der Waals surface area (Å²) in [7, 11) is 0. The lowest BCUT2D eigenvalue weighted by Gasteiger charge is -2.07. The predicted molar refractivity (Wildman–Crippen MR) is 106 cm³/mol. The van der Waals surface area contributed by atoms with Crippen LogP contribution in [0.2, 0.25) is 0 Å². The van der Waals surface area contributed by atoms with Crippen LogP contribution in [-0.4, -0.2) is 10.1 Å². The molecule has 0 fully saturated rings. The van der Waals surface area contributed by atoms with Crippen LogP contribution in [0.4, 0.5) is 11.4 Å². The maximum Gasteiger partial charge on any atom is 0.271 e. The third kappa shape index (κ3) is 5.08. The number of para-hydroxylation sites is 1. The lowest BCUT2D eigenvalue weighted by molar-refractivity contribution is 0.393. The number of nitrogens with one attached hydrogen (secondary N) is 2. The summed E-state index contributed by atoms with van der Waals surface area (Å²) in [5.74, 6) is 1.56. The van der Waals surface area contributed by atoms with E-state index in [-0.39, 0.29) is 8.41 Å². The number of rotatable bonds is 3. The van der Waals surface area contributed by atoms with Gasteiger partial charge < -0.3 is 14.8 Å². The molecule has 2 N–H and O–H groups in total. The number of hydrogen-bond acceptors (Lipinski definition) is 4. The minimum absolute atomic E-state index is 0. The van der Waals surface area contributed by atoms with Gasteiger partial charge in [0.25, 0.3) is 5.56 Å². The minimum Gasteiger partial charge on any atom is -0.361 e. The normalized spacial score (nSPS) is 10.3. The van der Waals surface area contributed by atoms with E-state index in [1.807, 2.05) is 44.2 Å². The van der Waals surface area contributed by atoms with Crippen molar-refractivity contribution >= 4 is 11.4 Å². The molecule has 0 aliphatic carbocycles. The van der Waals surface area contributed by atoms with E-state index in [2.05, 4.69) is 36.2 Å². The van der Waals surface area contributed by atoms with Crippen molar-refractivity contribution in [2.75, 3.05) is 5.32 Å². The van der Waals surface area contributed by atoms with Crippen molar-refractivity contribution in [3.63, 3.8) is 0 Å². The summed E-state index contributed by atoms with van der Waals surface area (Å²) in [6.07, 6.45) is 1.67. The van der Waals surface area contributed by atoms with Crippen molar-refractivity contribution in [1.82, 2.24) is 10.1 Å². The first-order valence-corrected chi connectivity index (χ1v) is 8.36. The van der Waals surface area contributed by atoms with E-state index in [0.29, 0.717) is 5.69 Å². The number of aryl methyl sites for hydroxylation is 2. The highest BCUT2D eigenvalue weighted by atomic mass is 16.5. The van der Waals surface area contributed by atoms with Crippen LogP contribution in [0.3, 0.4) is 0 Å². The van der Waals surface area contributed by atoms with Crippen molar-refractivity contribution in [2.24, 2.45) is 5.92 Å². The molecule has 2 heterocycles. The second kappa shape index (κ2) is 8.33. The molecule has 0 spiro atoms. The molecule has 0 saturated carbocycles. The second-order valence-electron chi connectivity index (χ2n) is 6.55. The molecule has 1 aromatic carbocycles. The summed E-state index contributed by atoms with van der Waals surface area (Å²) in [6, 6.07) is 11.4. The Hall–Kier alpha value is -2.82. The van der Waals surface area contributed by atoms with Crippen LogP contribution in [-0.2, 0) is 0 Å². The molecule has 3 aromatic rings. The zero-order valence-electron chi connectivity index (χ0n) is 15.4. The van der Waals surface area contributed by atoms with E-state index >= 15 is 0 Å². The van der Waals surface area contributed by atoms with Crippen LogP contribution in [0, 0.1) is 19.8 Å². The zero-order chi connectivity index (χ0) is 18.4. The number of aromatic nitrogens is 2. The molecule has 0 saturated heterocycles. The number of benzene rings is 1. The zero-order valence-corrected chi connectivity index (χ0v) is 15.4. The van der Waals surface area contributed by atoms with Gasteiger partial charge in [-0.3, -0.25) is 4.79 Å². The fraction of sp³-hybridized carbons (Fsp3) is 0.300. The number of H-pyrrole nitrogens is 1. The van der Waals surface area contributed by atoms with Crippen molar-refractivity contribution in [2.45, 2.75) is 34.6 Å². The molecule has 5 heteroatoms. The highest BCUT2D eigenvalue weighted by Gasteiger charge is 2.13. The molecule has 0 radical (unpaired) electrons. The summed E-state index contributed by atoms with van der Waals surface area (Å²) in [5.41, 5.74) is 3.74. The maximum atomic E-state index is 12.0. The van der Waals surface area contributed by atoms with Crippen LogP contribution in [0.5, 0.6) is 0 Å². The van der Waals surface area contributed by atoms with Gasteiger partial charge in [0.1, 0.15) is 11.4 Å². The minimum atomic E-state index is -0.172. The van der Waals surface area contributed by atoms with E-state index in [1.54, 1.807) is 12.3 Å². The molecular formula is C20H29N3O2. The van der Waals surface area contributed by atoms with Crippen LogP contribution in [0.25, 0.3) is 11.1 Å². The van der Waals surface area contributed by atoms with Crippen LogP contribution >= 0.6 is 0 Å². The van der Waals surface area contributed by atoms with Gasteiger partial charge in [0.2, 0.25) is 0 Å². The Balaban J connectivity index is 0.00000103. The topological polar surface area (TPSA) is 70.9 Å². The third-order valence-electron chi connectivity index (χ3n) is 3.28. The Bertz CT molecular complexity index is 852. The van der Waals surface area contributed by atoms with Gasteiger partial charge in [-0.15, -0.1) is 0 Å². The predicted octanol–water partition coefficient (Wildman–Crippen LogP) is 5.54. The average Bonchev–Trinajstić information content (AvgIpc) is 2.89. The molecule has 5 nitrogen and oxygen atoms in total. The molecular weight excluding hydrogens is 314 g/mol. The Morgan fingerprint density at radius 3 is 2.36 bits per heavy atom. The van der Waals surface area contributed by atoms with E-state index in [1.165, 1.54) is 0 Å². The number of anilines is 2. The summed E-state index contributed by atoms with van der Waals surface area (Å²) in [4.78, 5) is 14.7. The van der Waals surface area contributed by atoms with Crippen LogP contribution in [0.15, 0.2) is 51.9 Å². The molecule has 2 aromatic heterocycles. The van der Waals surface area contributed by atoms with E-state index < -0.39 is 0 Å². The molecule has 0 aliphatic rings. The molecule has 25 heavy (non-hydrogen) atoms. The van der Waals surface area contributed by atoms with Gasteiger partial charge in [-0.05, 0) is 38.0 Å². The summed E-state index contributed by atoms with van der Waals surface area (Å²) < 4.78 is 5.18. The number of aromatic amines is 1. The quantitative estimate of drug-likeness (QED) is 0.654. The Kier molecular flexibility index (Phi) is 6.17. The first-order chi connectivity index (χ1) is 11.9. The smallest absolute Gasteiger partial charge is 0.271 e. The van der Waals surface area contributed by atoms with Crippen LogP contribution < -0.4 is 10.9 Å². The molecule has 136 valence electrons. The Morgan fingerprint density at radius 2 is 1.80 bits per heavy atom. The molecule has 0 bridgehead atoms. The molecule has 0 unspecified atom stereocenters. The van der Waals surface area contributed by atoms with Crippen molar-refractivity contribution in [3.05, 3.63) is 64.4 Å². The van der Waals surface area contributed by atoms with Gasteiger partial charge in [0.15, 0.2) is 0 Å². The number of nitrogens with zero attached hydrogens (tertiary/aromatic N) is 1. The molecule has 3 rings (SSSR count). The summed E-state index contributed by atoms with van der Waals surface area (Å²) in [6.45, 7) is 10.2. The van der Waals surface area contributed by atoms with Gasteiger partial charge in [-0.1, -0.05) is 44.1 Å². The van der Waals surface area contributed by atoms with Gasteiger partial charge in [0.05, 0.1) is 5.69 Å². The fourth-order valence-corrected chi connectivity index (χ4v) is 2.29. The van der Waals surface area contributed by atoms with E-state index in [0.717, 1.165) is 34.2 Å². The highest BCUT2D eigenvalue weighted by Crippen LogP contribution is 2.27. The Morgan fingerprint density at radius 1 is 1.16 bits per heavy atom. The molecule has 0 amide bonds. The van der Waals surface area contributed by atoms with Crippen molar-refractivity contribution < 1.29 is 7.38 Å². The lowest BCUT2D eigenvalue weighted by Crippen LogP contribution is -2.11. The average molecular weight is 343 g/mol. The number of pyridine rings is 1. The Labute approximate surface area is 151 Å². The SMILES string of the molecule is CC(C)C.Cc1noc(C)c1-c1c[nH]c(=O)c(Nc2ccccc2)c1.[HH].[HH]. The largest absolute Gasteiger partial charge is 0.361 e. The van der Waals surface area contributed by atoms with Crippen molar-refractivity contribution in [1.29, 1.82) is 0 Å². The number of hydrogen-bond donors (Lipinski definition) is 2. The van der Waals surface area contributed by atoms with Crippen molar-refractivity contribution in [3.8, 4) is 11.1 Å². The first-order valence-electron chi connectivity index (χ1n) is 8.36. The summed E-state index contributed by atoms with van der Waals surface area (Å²) in [5, 5.41) is 7.06. The standard InChI is InChI=1S/C16H15N3O2.C4H10.2H2/c1-10-15(11(2)21-19-10)12-8-14(16(20)17-9-12)18-13-6-4-3-5-7-13;1-4(2)3;;/h3-9,18H,1-2H3,(H,17,20);4H,1-3H3;2*1H. The fourth-order valence-electron chi connectivity index (χ4n) is 2.29. The van der Waals surface area contributed by atoms with Gasteiger partial charge in [-0.25, -0.2) is 0 Å². The maximum absolute atomic E-state index is 12.0. The first kappa shape index (κ1) is 18.5. The van der Waals surface area contributed by atoms with Gasteiger partial charge >= 0.3 is 0 Å². The third-order valence-corrected chi connectivity index (χ3v) is 3.28. The molecule has 0 aliphatic heterocycles.